The average Bonchev–Trinajstić information content (AvgIpc) is 2.82. The Morgan fingerprint density at radius 1 is 1.24 bits per heavy atom. The first-order valence-corrected chi connectivity index (χ1v) is 6.72. The molecular formula is C14H8Cl2N2O3. The number of aromatic nitrogens is 1. The molecule has 0 saturated carbocycles. The van der Waals surface area contributed by atoms with E-state index >= 15 is 0 Å². The van der Waals surface area contributed by atoms with Crippen LogP contribution in [0, 0.1) is 17.0 Å². The summed E-state index contributed by atoms with van der Waals surface area (Å²) < 4.78 is 5.68. The molecule has 0 bridgehead atoms. The van der Waals surface area contributed by atoms with Crippen molar-refractivity contribution in [3.8, 4) is 11.5 Å². The highest BCUT2D eigenvalue weighted by atomic mass is 35.5. The van der Waals surface area contributed by atoms with E-state index in [-0.39, 0.29) is 5.69 Å². The molecule has 106 valence electrons. The van der Waals surface area contributed by atoms with Gasteiger partial charge in [-0.25, -0.2) is 4.98 Å². The zero-order valence-electron chi connectivity index (χ0n) is 10.8. The molecular weight excluding hydrogens is 315 g/mol. The number of nitro benzene ring substituents is 1. The van der Waals surface area contributed by atoms with E-state index in [1.165, 1.54) is 12.1 Å². The van der Waals surface area contributed by atoms with E-state index in [0.717, 1.165) is 0 Å². The van der Waals surface area contributed by atoms with Gasteiger partial charge < -0.3 is 4.42 Å². The van der Waals surface area contributed by atoms with Crippen molar-refractivity contribution in [1.82, 2.24) is 4.98 Å². The quantitative estimate of drug-likeness (QED) is 0.490. The van der Waals surface area contributed by atoms with Gasteiger partial charge in [0.2, 0.25) is 5.89 Å². The second kappa shape index (κ2) is 5.02. The van der Waals surface area contributed by atoms with E-state index in [9.17, 15) is 10.1 Å². The molecule has 3 rings (SSSR count). The largest absolute Gasteiger partial charge is 0.436 e. The Kier molecular flexibility index (Phi) is 3.31. The lowest BCUT2D eigenvalue weighted by Crippen LogP contribution is -1.88. The highest BCUT2D eigenvalue weighted by Gasteiger charge is 2.17. The molecule has 7 heteroatoms. The van der Waals surface area contributed by atoms with Gasteiger partial charge in [0.1, 0.15) is 5.52 Å². The van der Waals surface area contributed by atoms with Crippen molar-refractivity contribution >= 4 is 40.0 Å². The highest BCUT2D eigenvalue weighted by Crippen LogP contribution is 2.34. The van der Waals surface area contributed by atoms with E-state index in [1.807, 2.05) is 0 Å². The molecule has 0 radical (unpaired) electrons. The Balaban J connectivity index is 2.21. The second-order valence-electron chi connectivity index (χ2n) is 4.51. The van der Waals surface area contributed by atoms with Crippen LogP contribution in [0.25, 0.3) is 22.6 Å². The zero-order chi connectivity index (χ0) is 15.1. The molecule has 0 spiro atoms. The molecule has 1 aromatic heterocycles. The Hall–Kier alpha value is -2.11. The standard InChI is InChI=1S/C14H8Cl2N2O3/c1-7-4-9(18(19)20)6-12-13(7)21-14(17-12)10-3-2-8(15)5-11(10)16/h2-6H,1H3. The van der Waals surface area contributed by atoms with Crippen molar-refractivity contribution < 1.29 is 9.34 Å². The number of rotatable bonds is 2. The molecule has 0 atom stereocenters. The molecule has 0 amide bonds. The fourth-order valence-corrected chi connectivity index (χ4v) is 2.55. The van der Waals surface area contributed by atoms with Crippen LogP contribution in [0.1, 0.15) is 5.56 Å². The van der Waals surface area contributed by atoms with E-state index < -0.39 is 4.92 Å². The van der Waals surface area contributed by atoms with E-state index in [4.69, 9.17) is 27.6 Å². The molecule has 0 fully saturated rings. The lowest BCUT2D eigenvalue weighted by atomic mass is 10.2. The normalized spacial score (nSPS) is 11.0. The fourth-order valence-electron chi connectivity index (χ4n) is 2.06. The van der Waals surface area contributed by atoms with Crippen molar-refractivity contribution in [2.75, 3.05) is 0 Å². The fraction of sp³-hybridized carbons (Fsp3) is 0.0714. The van der Waals surface area contributed by atoms with Crippen LogP contribution >= 0.6 is 23.2 Å². The predicted octanol–water partition coefficient (Wildman–Crippen LogP) is 5.02. The summed E-state index contributed by atoms with van der Waals surface area (Å²) >= 11 is 12.0. The minimum absolute atomic E-state index is 0.0259. The predicted molar refractivity (Wildman–Crippen MR) is 80.9 cm³/mol. The van der Waals surface area contributed by atoms with E-state index in [1.54, 1.807) is 25.1 Å². The maximum atomic E-state index is 10.9. The third-order valence-electron chi connectivity index (χ3n) is 3.03. The van der Waals surface area contributed by atoms with Crippen LogP contribution in [0.4, 0.5) is 5.69 Å². The third kappa shape index (κ3) is 2.46. The minimum Gasteiger partial charge on any atom is -0.436 e. The van der Waals surface area contributed by atoms with Gasteiger partial charge in [0.05, 0.1) is 15.5 Å². The van der Waals surface area contributed by atoms with Gasteiger partial charge in [0.15, 0.2) is 5.58 Å². The summed E-state index contributed by atoms with van der Waals surface area (Å²) in [6.07, 6.45) is 0. The van der Waals surface area contributed by atoms with Crippen LogP contribution in [-0.4, -0.2) is 9.91 Å². The number of fused-ring (bicyclic) bond motifs is 1. The van der Waals surface area contributed by atoms with Gasteiger partial charge in [-0.2, -0.15) is 0 Å². The molecule has 1 heterocycles. The second-order valence-corrected chi connectivity index (χ2v) is 5.35. The Morgan fingerprint density at radius 2 is 2.00 bits per heavy atom. The molecule has 0 aliphatic heterocycles. The first-order valence-electron chi connectivity index (χ1n) is 5.96. The molecule has 0 unspecified atom stereocenters. The monoisotopic (exact) mass is 322 g/mol. The Morgan fingerprint density at radius 3 is 2.67 bits per heavy atom. The lowest BCUT2D eigenvalue weighted by molar-refractivity contribution is -0.384. The Bertz CT molecular complexity index is 874. The molecule has 0 aliphatic rings. The Labute approximate surface area is 129 Å². The number of hydrogen-bond acceptors (Lipinski definition) is 4. The number of nitrogens with zero attached hydrogens (tertiary/aromatic N) is 2. The van der Waals surface area contributed by atoms with Crippen LogP contribution in [0.15, 0.2) is 34.7 Å². The van der Waals surface area contributed by atoms with Gasteiger partial charge in [-0.1, -0.05) is 23.2 Å². The average molecular weight is 323 g/mol. The van der Waals surface area contributed by atoms with Crippen LogP contribution < -0.4 is 0 Å². The topological polar surface area (TPSA) is 69.2 Å². The summed E-state index contributed by atoms with van der Waals surface area (Å²) in [5.74, 6) is 0.301. The number of nitro groups is 1. The SMILES string of the molecule is Cc1cc([N+](=O)[O-])cc2nc(-c3ccc(Cl)cc3Cl)oc12. The summed E-state index contributed by atoms with van der Waals surface area (Å²) in [6.45, 7) is 1.73. The smallest absolute Gasteiger partial charge is 0.272 e. The summed E-state index contributed by atoms with van der Waals surface area (Å²) in [4.78, 5) is 14.7. The number of aryl methyl sites for hydroxylation is 1. The van der Waals surface area contributed by atoms with Gasteiger partial charge >= 0.3 is 0 Å². The van der Waals surface area contributed by atoms with Crippen molar-refractivity contribution in [2.45, 2.75) is 6.92 Å². The summed E-state index contributed by atoms with van der Waals surface area (Å²) in [5, 5.41) is 11.8. The van der Waals surface area contributed by atoms with Crippen LogP contribution in [0.3, 0.4) is 0 Å². The molecule has 21 heavy (non-hydrogen) atoms. The first-order chi connectivity index (χ1) is 9.95. The minimum atomic E-state index is -0.462. The van der Waals surface area contributed by atoms with E-state index in [2.05, 4.69) is 4.98 Å². The highest BCUT2D eigenvalue weighted by molar-refractivity contribution is 6.36. The maximum Gasteiger partial charge on any atom is 0.272 e. The first kappa shape index (κ1) is 13.9. The van der Waals surface area contributed by atoms with Crippen LogP contribution in [0.2, 0.25) is 10.0 Å². The zero-order valence-corrected chi connectivity index (χ0v) is 12.3. The number of hydrogen-bond donors (Lipinski definition) is 0. The number of halogens is 2. The molecule has 5 nitrogen and oxygen atoms in total. The summed E-state index contributed by atoms with van der Waals surface area (Å²) in [7, 11) is 0. The third-order valence-corrected chi connectivity index (χ3v) is 3.58. The maximum absolute atomic E-state index is 10.9. The number of benzene rings is 2. The van der Waals surface area contributed by atoms with Crippen LogP contribution in [0.5, 0.6) is 0 Å². The van der Waals surface area contributed by atoms with Gasteiger partial charge in [-0.15, -0.1) is 0 Å². The van der Waals surface area contributed by atoms with Gasteiger partial charge in [0, 0.05) is 22.7 Å². The van der Waals surface area contributed by atoms with Crippen molar-refractivity contribution in [3.63, 3.8) is 0 Å². The molecule has 0 N–H and O–H groups in total. The van der Waals surface area contributed by atoms with Crippen molar-refractivity contribution in [3.05, 3.63) is 56.1 Å². The lowest BCUT2D eigenvalue weighted by Gasteiger charge is -1.99. The molecule has 3 aromatic rings. The molecule has 2 aromatic carbocycles. The molecule has 0 aliphatic carbocycles. The molecule has 0 saturated heterocycles. The van der Waals surface area contributed by atoms with Crippen LogP contribution in [-0.2, 0) is 0 Å². The summed E-state index contributed by atoms with van der Waals surface area (Å²) in [6, 6.07) is 7.77. The van der Waals surface area contributed by atoms with Gasteiger partial charge in [-0.3, -0.25) is 10.1 Å². The van der Waals surface area contributed by atoms with Crippen molar-refractivity contribution in [2.24, 2.45) is 0 Å². The van der Waals surface area contributed by atoms with E-state index in [0.29, 0.717) is 38.2 Å². The van der Waals surface area contributed by atoms with Gasteiger partial charge in [-0.05, 0) is 25.1 Å². The van der Waals surface area contributed by atoms with Crippen molar-refractivity contribution in [1.29, 1.82) is 0 Å². The van der Waals surface area contributed by atoms with Gasteiger partial charge in [0.25, 0.3) is 5.69 Å². The summed E-state index contributed by atoms with van der Waals surface area (Å²) in [5.41, 5.74) is 2.12. The number of non-ortho nitro benzene ring substituents is 1. The number of oxazole rings is 1.